The van der Waals surface area contributed by atoms with Crippen LogP contribution in [-0.4, -0.2) is 45.8 Å². The first kappa shape index (κ1) is 15.3. The number of aliphatic imine (C=N–C) groups is 1. The molecule has 2 aliphatic heterocycles. The highest BCUT2D eigenvalue weighted by Crippen LogP contribution is 2.28. The maximum atomic E-state index is 4.44. The van der Waals surface area contributed by atoms with Gasteiger partial charge in [0, 0.05) is 33.1 Å². The monoisotopic (exact) mass is 304 g/mol. The summed E-state index contributed by atoms with van der Waals surface area (Å²) in [7, 11) is 1.86. The molecule has 1 aromatic rings. The van der Waals surface area contributed by atoms with E-state index in [4.69, 9.17) is 0 Å². The van der Waals surface area contributed by atoms with Crippen LogP contribution >= 0.6 is 0 Å². The Bertz CT molecular complexity index is 545. The molecular formula is C16H28N6. The topological polar surface area (TPSA) is 58.3 Å². The molecule has 1 N–H and O–H groups in total. The maximum absolute atomic E-state index is 4.44. The zero-order valence-electron chi connectivity index (χ0n) is 14.1. The van der Waals surface area contributed by atoms with Crippen LogP contribution in [0.4, 0.5) is 0 Å². The van der Waals surface area contributed by atoms with Crippen molar-refractivity contribution in [2.75, 3.05) is 20.1 Å². The van der Waals surface area contributed by atoms with Crippen molar-refractivity contribution in [1.82, 2.24) is 25.0 Å². The second-order valence-corrected chi connectivity index (χ2v) is 7.23. The molecule has 3 heterocycles. The lowest BCUT2D eigenvalue weighted by Crippen LogP contribution is -2.40. The number of likely N-dealkylation sites (tertiary alicyclic amines) is 1. The second-order valence-electron chi connectivity index (χ2n) is 7.23. The fourth-order valence-electron chi connectivity index (χ4n) is 3.46. The van der Waals surface area contributed by atoms with Gasteiger partial charge in [0.25, 0.3) is 0 Å². The highest BCUT2D eigenvalue weighted by atomic mass is 15.3. The lowest BCUT2D eigenvalue weighted by Gasteiger charge is -2.23. The standard InChI is InChI=1S/C16H28N6/c1-16(2)8-10-21(12-16)15(17-3)18-11-14-20-19-13-7-5-4-6-9-22(13)14/h4-12H2,1-3H3,(H,17,18). The van der Waals surface area contributed by atoms with Gasteiger partial charge in [-0.05, 0) is 24.7 Å². The van der Waals surface area contributed by atoms with Gasteiger partial charge in [-0.25, -0.2) is 0 Å². The number of aryl methyl sites for hydroxylation is 1. The van der Waals surface area contributed by atoms with Gasteiger partial charge in [0.2, 0.25) is 0 Å². The van der Waals surface area contributed by atoms with E-state index >= 15 is 0 Å². The summed E-state index contributed by atoms with van der Waals surface area (Å²) in [6, 6.07) is 0. The van der Waals surface area contributed by atoms with Crippen LogP contribution in [0.1, 0.15) is 51.2 Å². The quantitative estimate of drug-likeness (QED) is 0.669. The molecule has 0 saturated carbocycles. The minimum absolute atomic E-state index is 0.379. The van der Waals surface area contributed by atoms with Crippen LogP contribution < -0.4 is 5.32 Å². The van der Waals surface area contributed by atoms with Crippen LogP contribution in [0.2, 0.25) is 0 Å². The summed E-state index contributed by atoms with van der Waals surface area (Å²) in [5, 5.41) is 12.2. The highest BCUT2D eigenvalue weighted by Gasteiger charge is 2.31. The summed E-state index contributed by atoms with van der Waals surface area (Å²) in [5.41, 5.74) is 0.379. The smallest absolute Gasteiger partial charge is 0.194 e. The predicted octanol–water partition coefficient (Wildman–Crippen LogP) is 1.81. The third-order valence-electron chi connectivity index (χ3n) is 4.78. The molecule has 0 unspecified atom stereocenters. The molecule has 6 nitrogen and oxygen atoms in total. The molecule has 0 aliphatic carbocycles. The summed E-state index contributed by atoms with van der Waals surface area (Å²) in [6.07, 6.45) is 6.03. The van der Waals surface area contributed by atoms with Gasteiger partial charge in [0.05, 0.1) is 6.54 Å². The number of hydrogen-bond acceptors (Lipinski definition) is 3. The van der Waals surface area contributed by atoms with E-state index in [2.05, 4.69) is 43.8 Å². The molecule has 3 rings (SSSR count). The molecule has 0 radical (unpaired) electrons. The van der Waals surface area contributed by atoms with Crippen molar-refractivity contribution >= 4 is 5.96 Å². The van der Waals surface area contributed by atoms with Gasteiger partial charge in [0.1, 0.15) is 5.82 Å². The van der Waals surface area contributed by atoms with Gasteiger partial charge >= 0.3 is 0 Å². The van der Waals surface area contributed by atoms with Gasteiger partial charge in [-0.2, -0.15) is 0 Å². The Balaban J connectivity index is 1.63. The molecule has 1 fully saturated rings. The Kier molecular flexibility index (Phi) is 4.36. The van der Waals surface area contributed by atoms with Gasteiger partial charge < -0.3 is 14.8 Å². The van der Waals surface area contributed by atoms with E-state index in [0.717, 1.165) is 43.7 Å². The van der Waals surface area contributed by atoms with Crippen molar-refractivity contribution in [2.45, 2.75) is 59.0 Å². The number of hydrogen-bond donors (Lipinski definition) is 1. The number of nitrogens with zero attached hydrogens (tertiary/aromatic N) is 5. The van der Waals surface area contributed by atoms with Crippen molar-refractivity contribution in [3.63, 3.8) is 0 Å². The summed E-state index contributed by atoms with van der Waals surface area (Å²) in [4.78, 5) is 6.79. The SMILES string of the molecule is CN=C(NCc1nnc2n1CCCCC2)N1CCC(C)(C)C1. The number of aromatic nitrogens is 3. The predicted molar refractivity (Wildman–Crippen MR) is 87.7 cm³/mol. The molecule has 0 aromatic carbocycles. The number of rotatable bonds is 2. The Morgan fingerprint density at radius 3 is 2.82 bits per heavy atom. The molecule has 22 heavy (non-hydrogen) atoms. The lowest BCUT2D eigenvalue weighted by atomic mass is 9.93. The fourth-order valence-corrected chi connectivity index (χ4v) is 3.46. The van der Waals surface area contributed by atoms with E-state index in [1.165, 1.54) is 25.7 Å². The van der Waals surface area contributed by atoms with E-state index in [9.17, 15) is 0 Å². The molecule has 6 heteroatoms. The minimum Gasteiger partial charge on any atom is -0.349 e. The van der Waals surface area contributed by atoms with Crippen LogP contribution in [0.3, 0.4) is 0 Å². The van der Waals surface area contributed by atoms with Crippen LogP contribution in [-0.2, 0) is 19.5 Å². The first-order valence-electron chi connectivity index (χ1n) is 8.46. The van der Waals surface area contributed by atoms with Crippen LogP contribution in [0.15, 0.2) is 4.99 Å². The number of nitrogens with one attached hydrogen (secondary N) is 1. The van der Waals surface area contributed by atoms with Gasteiger partial charge in [0.15, 0.2) is 11.8 Å². The van der Waals surface area contributed by atoms with Gasteiger partial charge in [-0.3, -0.25) is 4.99 Å². The molecular weight excluding hydrogens is 276 g/mol. The van der Waals surface area contributed by atoms with E-state index < -0.39 is 0 Å². The Hall–Kier alpha value is -1.59. The van der Waals surface area contributed by atoms with Crippen molar-refractivity contribution in [1.29, 1.82) is 0 Å². The third kappa shape index (κ3) is 3.25. The highest BCUT2D eigenvalue weighted by molar-refractivity contribution is 5.80. The van der Waals surface area contributed by atoms with Gasteiger partial charge in [-0.15, -0.1) is 10.2 Å². The normalized spacial score (nSPS) is 21.6. The molecule has 0 atom stereocenters. The van der Waals surface area contributed by atoms with E-state index in [0.29, 0.717) is 12.0 Å². The second kappa shape index (κ2) is 6.26. The average molecular weight is 304 g/mol. The summed E-state index contributed by atoms with van der Waals surface area (Å²) < 4.78 is 2.29. The molecule has 0 bridgehead atoms. The zero-order valence-corrected chi connectivity index (χ0v) is 14.1. The summed E-state index contributed by atoms with van der Waals surface area (Å²) in [5.74, 6) is 3.17. The molecule has 1 saturated heterocycles. The third-order valence-corrected chi connectivity index (χ3v) is 4.78. The van der Waals surface area contributed by atoms with Crippen molar-refractivity contribution < 1.29 is 0 Å². The Morgan fingerprint density at radius 2 is 2.09 bits per heavy atom. The van der Waals surface area contributed by atoms with Crippen LogP contribution in [0, 0.1) is 5.41 Å². The molecule has 0 spiro atoms. The maximum Gasteiger partial charge on any atom is 0.194 e. The van der Waals surface area contributed by atoms with Crippen molar-refractivity contribution in [2.24, 2.45) is 10.4 Å². The van der Waals surface area contributed by atoms with E-state index in [1.807, 2.05) is 7.05 Å². The molecule has 122 valence electrons. The lowest BCUT2D eigenvalue weighted by molar-refractivity contribution is 0.369. The van der Waals surface area contributed by atoms with Gasteiger partial charge in [-0.1, -0.05) is 20.3 Å². The summed E-state index contributed by atoms with van der Waals surface area (Å²) >= 11 is 0. The first-order chi connectivity index (χ1) is 10.6. The van der Waals surface area contributed by atoms with E-state index in [1.54, 1.807) is 0 Å². The Morgan fingerprint density at radius 1 is 1.23 bits per heavy atom. The molecule has 0 amide bonds. The fraction of sp³-hybridized carbons (Fsp3) is 0.812. The van der Waals surface area contributed by atoms with Crippen molar-refractivity contribution in [3.05, 3.63) is 11.6 Å². The Labute approximate surface area is 133 Å². The average Bonchev–Trinajstić information content (AvgIpc) is 2.95. The molecule has 2 aliphatic rings. The van der Waals surface area contributed by atoms with Crippen molar-refractivity contribution in [3.8, 4) is 0 Å². The zero-order chi connectivity index (χ0) is 15.6. The summed E-state index contributed by atoms with van der Waals surface area (Å²) in [6.45, 7) is 8.53. The largest absolute Gasteiger partial charge is 0.349 e. The van der Waals surface area contributed by atoms with Crippen LogP contribution in [0.5, 0.6) is 0 Å². The number of guanidine groups is 1. The minimum atomic E-state index is 0.379. The molecule has 1 aromatic heterocycles. The first-order valence-corrected chi connectivity index (χ1v) is 8.46. The van der Waals surface area contributed by atoms with E-state index in [-0.39, 0.29) is 0 Å². The number of fused-ring (bicyclic) bond motifs is 1. The van der Waals surface area contributed by atoms with Crippen LogP contribution in [0.25, 0.3) is 0 Å².